The van der Waals surface area contributed by atoms with Crippen LogP contribution in [-0.2, 0) is 0 Å². The lowest BCUT2D eigenvalue weighted by atomic mass is 10.1. The first-order valence-electron chi connectivity index (χ1n) is 6.88. The summed E-state index contributed by atoms with van der Waals surface area (Å²) >= 11 is 0. The molecule has 0 aromatic heterocycles. The Morgan fingerprint density at radius 1 is 1.18 bits per heavy atom. The molecule has 0 amide bonds. The van der Waals surface area contributed by atoms with Crippen molar-refractivity contribution >= 4 is 11.8 Å². The van der Waals surface area contributed by atoms with E-state index in [9.17, 15) is 10.1 Å². The maximum Gasteiger partial charge on any atom is 0.277 e. The van der Waals surface area contributed by atoms with Crippen LogP contribution < -0.4 is 9.47 Å². The molecule has 2 aromatic rings. The van der Waals surface area contributed by atoms with E-state index in [1.807, 2.05) is 37.3 Å². The molecule has 2 aromatic carbocycles. The van der Waals surface area contributed by atoms with Crippen LogP contribution in [0.3, 0.4) is 0 Å². The molecular formula is C17H17NO4. The summed E-state index contributed by atoms with van der Waals surface area (Å²) in [6.45, 7) is 2.30. The normalized spacial score (nSPS) is 11.1. The van der Waals surface area contributed by atoms with E-state index in [0.717, 1.165) is 5.56 Å². The molecular weight excluding hydrogens is 282 g/mol. The molecule has 114 valence electrons. The first-order chi connectivity index (χ1) is 10.7. The number of methoxy groups -OCH3 is 1. The van der Waals surface area contributed by atoms with Gasteiger partial charge in [-0.05, 0) is 30.7 Å². The third-order valence-electron chi connectivity index (χ3n) is 3.06. The number of nitro groups is 1. The van der Waals surface area contributed by atoms with Gasteiger partial charge in [0.15, 0.2) is 11.5 Å². The van der Waals surface area contributed by atoms with E-state index in [1.165, 1.54) is 13.2 Å². The molecule has 5 heteroatoms. The Hall–Kier alpha value is -2.82. The Bertz CT molecular complexity index is 680. The van der Waals surface area contributed by atoms with Crippen molar-refractivity contribution in [1.82, 2.24) is 0 Å². The molecule has 0 aliphatic carbocycles. The van der Waals surface area contributed by atoms with Crippen LogP contribution in [0.4, 0.5) is 0 Å². The van der Waals surface area contributed by atoms with Gasteiger partial charge in [-0.2, -0.15) is 0 Å². The Morgan fingerprint density at radius 2 is 1.91 bits per heavy atom. The first-order valence-corrected chi connectivity index (χ1v) is 6.88. The van der Waals surface area contributed by atoms with Crippen molar-refractivity contribution in [3.05, 3.63) is 69.8 Å². The van der Waals surface area contributed by atoms with Gasteiger partial charge in [0.1, 0.15) is 0 Å². The topological polar surface area (TPSA) is 61.6 Å². The standard InChI is InChI=1S/C17H17NO4/c1-3-22-17-12-14(9-10-16(17)21-2)15(18(19)20)11-13-7-5-4-6-8-13/h4-12H,3H2,1-2H3. The highest BCUT2D eigenvalue weighted by molar-refractivity contribution is 5.77. The van der Waals surface area contributed by atoms with Crippen molar-refractivity contribution in [3.63, 3.8) is 0 Å². The minimum absolute atomic E-state index is 0.00908. The number of rotatable bonds is 6. The minimum atomic E-state index is -0.398. The molecule has 0 aliphatic heterocycles. The second-order valence-corrected chi connectivity index (χ2v) is 4.50. The van der Waals surface area contributed by atoms with Gasteiger partial charge in [0.25, 0.3) is 5.70 Å². The fraction of sp³-hybridized carbons (Fsp3) is 0.176. The zero-order valence-corrected chi connectivity index (χ0v) is 12.5. The molecule has 0 radical (unpaired) electrons. The second-order valence-electron chi connectivity index (χ2n) is 4.50. The van der Waals surface area contributed by atoms with E-state index in [1.54, 1.807) is 18.2 Å². The predicted molar refractivity (Wildman–Crippen MR) is 85.5 cm³/mol. The largest absolute Gasteiger partial charge is 0.493 e. The van der Waals surface area contributed by atoms with Crippen LogP contribution in [-0.4, -0.2) is 18.6 Å². The summed E-state index contributed by atoms with van der Waals surface area (Å²) < 4.78 is 10.7. The number of ether oxygens (including phenoxy) is 2. The fourth-order valence-corrected chi connectivity index (χ4v) is 2.05. The van der Waals surface area contributed by atoms with Crippen LogP contribution >= 0.6 is 0 Å². The summed E-state index contributed by atoms with van der Waals surface area (Å²) in [7, 11) is 1.53. The van der Waals surface area contributed by atoms with Gasteiger partial charge in [0, 0.05) is 6.08 Å². The van der Waals surface area contributed by atoms with E-state index >= 15 is 0 Å². The Balaban J connectivity index is 2.47. The van der Waals surface area contributed by atoms with Crippen molar-refractivity contribution in [3.8, 4) is 11.5 Å². The summed E-state index contributed by atoms with van der Waals surface area (Å²) in [5.41, 5.74) is 1.25. The molecule has 0 saturated heterocycles. The van der Waals surface area contributed by atoms with Gasteiger partial charge in [-0.25, -0.2) is 0 Å². The van der Waals surface area contributed by atoms with E-state index < -0.39 is 4.92 Å². The Kier molecular flexibility index (Phi) is 5.14. The number of benzene rings is 2. The van der Waals surface area contributed by atoms with E-state index in [4.69, 9.17) is 9.47 Å². The third-order valence-corrected chi connectivity index (χ3v) is 3.06. The summed E-state index contributed by atoms with van der Waals surface area (Å²) in [5.74, 6) is 1.04. The van der Waals surface area contributed by atoms with Gasteiger partial charge >= 0.3 is 0 Å². The highest BCUT2D eigenvalue weighted by atomic mass is 16.6. The molecule has 0 heterocycles. The van der Waals surface area contributed by atoms with Gasteiger partial charge in [-0.1, -0.05) is 30.3 Å². The highest BCUT2D eigenvalue weighted by Gasteiger charge is 2.17. The van der Waals surface area contributed by atoms with Crippen LogP contribution in [0.25, 0.3) is 11.8 Å². The SMILES string of the molecule is CCOc1cc(C(=Cc2ccccc2)[N+](=O)[O-])ccc1OC. The zero-order chi connectivity index (χ0) is 15.9. The van der Waals surface area contributed by atoms with E-state index in [-0.39, 0.29) is 5.70 Å². The van der Waals surface area contributed by atoms with Crippen molar-refractivity contribution in [2.75, 3.05) is 13.7 Å². The number of hydrogen-bond acceptors (Lipinski definition) is 4. The lowest BCUT2D eigenvalue weighted by Gasteiger charge is -2.10. The van der Waals surface area contributed by atoms with Crippen molar-refractivity contribution in [2.24, 2.45) is 0 Å². The van der Waals surface area contributed by atoms with Crippen molar-refractivity contribution in [1.29, 1.82) is 0 Å². The summed E-state index contributed by atoms with van der Waals surface area (Å²) in [6.07, 6.45) is 1.54. The molecule has 0 aliphatic rings. The maximum atomic E-state index is 11.4. The Morgan fingerprint density at radius 3 is 2.50 bits per heavy atom. The summed E-state index contributed by atoms with van der Waals surface area (Å²) in [5, 5.41) is 11.4. The molecule has 0 fully saturated rings. The first kappa shape index (κ1) is 15.6. The lowest BCUT2D eigenvalue weighted by molar-refractivity contribution is -0.374. The molecule has 5 nitrogen and oxygen atoms in total. The van der Waals surface area contributed by atoms with Crippen LogP contribution in [0, 0.1) is 10.1 Å². The van der Waals surface area contributed by atoms with Gasteiger partial charge in [-0.3, -0.25) is 10.1 Å². The molecule has 22 heavy (non-hydrogen) atoms. The molecule has 0 N–H and O–H groups in total. The van der Waals surface area contributed by atoms with Crippen LogP contribution in [0.1, 0.15) is 18.1 Å². The average Bonchev–Trinajstić information content (AvgIpc) is 2.53. The molecule has 0 atom stereocenters. The van der Waals surface area contributed by atoms with Gasteiger partial charge < -0.3 is 9.47 Å². The zero-order valence-electron chi connectivity index (χ0n) is 12.5. The maximum absolute atomic E-state index is 11.4. The summed E-state index contributed by atoms with van der Waals surface area (Å²) in [4.78, 5) is 11.0. The van der Waals surface area contributed by atoms with Gasteiger partial charge in [0.05, 0.1) is 24.2 Å². The highest BCUT2D eigenvalue weighted by Crippen LogP contribution is 2.31. The fourth-order valence-electron chi connectivity index (χ4n) is 2.05. The smallest absolute Gasteiger partial charge is 0.277 e. The molecule has 2 rings (SSSR count). The van der Waals surface area contributed by atoms with Crippen LogP contribution in [0.5, 0.6) is 11.5 Å². The van der Waals surface area contributed by atoms with Crippen LogP contribution in [0.15, 0.2) is 48.5 Å². The second kappa shape index (κ2) is 7.26. The molecule has 0 unspecified atom stereocenters. The molecule has 0 spiro atoms. The van der Waals surface area contributed by atoms with Crippen molar-refractivity contribution < 1.29 is 14.4 Å². The summed E-state index contributed by atoms with van der Waals surface area (Å²) in [6, 6.07) is 14.1. The van der Waals surface area contributed by atoms with Crippen molar-refractivity contribution in [2.45, 2.75) is 6.92 Å². The monoisotopic (exact) mass is 299 g/mol. The number of nitrogens with zero attached hydrogens (tertiary/aromatic N) is 1. The van der Waals surface area contributed by atoms with E-state index in [2.05, 4.69) is 0 Å². The Labute approximate surface area is 129 Å². The van der Waals surface area contributed by atoms with Gasteiger partial charge in [-0.15, -0.1) is 0 Å². The lowest BCUT2D eigenvalue weighted by Crippen LogP contribution is -2.01. The predicted octanol–water partition coefficient (Wildman–Crippen LogP) is 3.87. The van der Waals surface area contributed by atoms with Crippen LogP contribution in [0.2, 0.25) is 0 Å². The quantitative estimate of drug-likeness (QED) is 0.461. The number of hydrogen-bond donors (Lipinski definition) is 0. The molecule has 0 saturated carbocycles. The van der Waals surface area contributed by atoms with E-state index in [0.29, 0.717) is 23.7 Å². The minimum Gasteiger partial charge on any atom is -0.493 e. The molecule has 0 bridgehead atoms. The third kappa shape index (κ3) is 3.63. The van der Waals surface area contributed by atoms with Gasteiger partial charge in [0.2, 0.25) is 0 Å². The average molecular weight is 299 g/mol.